The van der Waals surface area contributed by atoms with Gasteiger partial charge in [0.25, 0.3) is 5.56 Å². The number of anilines is 4. The summed E-state index contributed by atoms with van der Waals surface area (Å²) in [4.78, 5) is 45.1. The quantitative estimate of drug-likeness (QED) is 0.468. The molecule has 1 aliphatic rings. The Kier molecular flexibility index (Phi) is 5.83. The predicted octanol–water partition coefficient (Wildman–Crippen LogP) is 3.55. The van der Waals surface area contributed by atoms with Crippen LogP contribution in [0.5, 0.6) is 5.75 Å². The SMILES string of the molecule is COc1ccc(C)c(NC(=O)[C@@H]2CC(=O)Nc3nc(Nc4cccc(Cl)c4)[nH]c(=O)c32)c1. The van der Waals surface area contributed by atoms with Gasteiger partial charge in [0.1, 0.15) is 11.6 Å². The molecule has 2 amide bonds. The molecular weight excluding hydrogens is 434 g/mol. The number of fused-ring (bicyclic) bond motifs is 1. The zero-order valence-electron chi connectivity index (χ0n) is 17.3. The first-order chi connectivity index (χ1) is 15.3. The molecule has 0 aliphatic carbocycles. The van der Waals surface area contributed by atoms with Gasteiger partial charge >= 0.3 is 0 Å². The van der Waals surface area contributed by atoms with E-state index in [1.807, 2.05) is 6.92 Å². The van der Waals surface area contributed by atoms with E-state index in [4.69, 9.17) is 16.3 Å². The molecule has 164 valence electrons. The molecule has 1 atom stereocenters. The number of ether oxygens (including phenoxy) is 1. The van der Waals surface area contributed by atoms with Crippen LogP contribution in [-0.2, 0) is 9.59 Å². The lowest BCUT2D eigenvalue weighted by atomic mass is 9.92. The van der Waals surface area contributed by atoms with Crippen LogP contribution in [-0.4, -0.2) is 28.9 Å². The van der Waals surface area contributed by atoms with E-state index in [-0.39, 0.29) is 23.8 Å². The first-order valence-corrected chi connectivity index (χ1v) is 10.1. The highest BCUT2D eigenvalue weighted by Crippen LogP contribution is 2.31. The molecule has 4 N–H and O–H groups in total. The zero-order valence-corrected chi connectivity index (χ0v) is 18.0. The molecule has 0 spiro atoms. The fourth-order valence-electron chi connectivity index (χ4n) is 3.44. The first-order valence-electron chi connectivity index (χ1n) is 9.76. The molecule has 0 saturated heterocycles. The molecule has 1 aliphatic heterocycles. The maximum atomic E-state index is 13.1. The van der Waals surface area contributed by atoms with Gasteiger partial charge in [0.2, 0.25) is 17.8 Å². The number of aromatic nitrogens is 2. The van der Waals surface area contributed by atoms with Crippen molar-refractivity contribution in [3.8, 4) is 5.75 Å². The van der Waals surface area contributed by atoms with Gasteiger partial charge in [0.05, 0.1) is 18.6 Å². The Labute approximate surface area is 188 Å². The van der Waals surface area contributed by atoms with Crippen LogP contribution in [0.4, 0.5) is 23.1 Å². The van der Waals surface area contributed by atoms with E-state index in [9.17, 15) is 14.4 Å². The number of nitrogens with zero attached hydrogens (tertiary/aromatic N) is 1. The molecule has 0 fully saturated rings. The van der Waals surface area contributed by atoms with E-state index in [1.54, 1.807) is 42.5 Å². The van der Waals surface area contributed by atoms with Crippen LogP contribution in [0.25, 0.3) is 0 Å². The van der Waals surface area contributed by atoms with Crippen molar-refractivity contribution in [3.05, 3.63) is 69.0 Å². The topological polar surface area (TPSA) is 125 Å². The smallest absolute Gasteiger partial charge is 0.258 e. The van der Waals surface area contributed by atoms with E-state index in [0.29, 0.717) is 22.1 Å². The monoisotopic (exact) mass is 453 g/mol. The minimum absolute atomic E-state index is 0.0389. The third kappa shape index (κ3) is 4.42. The number of aromatic amines is 1. The minimum atomic E-state index is -0.999. The van der Waals surface area contributed by atoms with Crippen LogP contribution >= 0.6 is 11.6 Å². The number of amides is 2. The standard InChI is InChI=1S/C22H20ClN5O4/c1-11-6-7-14(32-2)9-16(11)25-20(30)15-10-17(29)26-19-18(15)21(31)28-22(27-19)24-13-5-3-4-12(23)8-13/h3-9,15H,10H2,1-2H3,(H,25,30)(H3,24,26,27,28,29,31)/t15-/m1/s1. The number of hydrogen-bond donors (Lipinski definition) is 4. The van der Waals surface area contributed by atoms with Gasteiger partial charge in [-0.1, -0.05) is 23.7 Å². The van der Waals surface area contributed by atoms with Gasteiger partial charge in [-0.25, -0.2) is 0 Å². The summed E-state index contributed by atoms with van der Waals surface area (Å²) < 4.78 is 5.20. The fourth-order valence-corrected chi connectivity index (χ4v) is 3.63. The summed E-state index contributed by atoms with van der Waals surface area (Å²) in [5.74, 6) is -1.17. The lowest BCUT2D eigenvalue weighted by Crippen LogP contribution is -2.36. The van der Waals surface area contributed by atoms with Gasteiger partial charge in [-0.05, 0) is 36.8 Å². The molecule has 32 heavy (non-hydrogen) atoms. The van der Waals surface area contributed by atoms with Gasteiger partial charge in [0.15, 0.2) is 0 Å². The normalized spacial score (nSPS) is 14.8. The Balaban J connectivity index is 1.65. The summed E-state index contributed by atoms with van der Waals surface area (Å²) in [5, 5.41) is 8.82. The second-order valence-electron chi connectivity index (χ2n) is 7.29. The third-order valence-electron chi connectivity index (χ3n) is 5.06. The highest BCUT2D eigenvalue weighted by Gasteiger charge is 2.35. The van der Waals surface area contributed by atoms with Crippen LogP contribution in [0.15, 0.2) is 47.3 Å². The molecule has 9 nitrogen and oxygen atoms in total. The van der Waals surface area contributed by atoms with Crippen molar-refractivity contribution < 1.29 is 14.3 Å². The lowest BCUT2D eigenvalue weighted by Gasteiger charge is -2.24. The fraction of sp³-hybridized carbons (Fsp3) is 0.182. The van der Waals surface area contributed by atoms with Gasteiger partial charge in [-0.15, -0.1) is 0 Å². The van der Waals surface area contributed by atoms with Crippen molar-refractivity contribution in [2.75, 3.05) is 23.1 Å². The van der Waals surface area contributed by atoms with E-state index in [2.05, 4.69) is 25.9 Å². The maximum Gasteiger partial charge on any atom is 0.258 e. The summed E-state index contributed by atoms with van der Waals surface area (Å²) >= 11 is 5.99. The van der Waals surface area contributed by atoms with Crippen molar-refractivity contribution in [1.82, 2.24) is 9.97 Å². The van der Waals surface area contributed by atoms with Crippen LogP contribution in [0.2, 0.25) is 5.02 Å². The van der Waals surface area contributed by atoms with Crippen LogP contribution in [0, 0.1) is 6.92 Å². The molecule has 0 radical (unpaired) electrons. The van der Waals surface area contributed by atoms with Crippen LogP contribution in [0.1, 0.15) is 23.5 Å². The third-order valence-corrected chi connectivity index (χ3v) is 5.29. The number of halogens is 1. The molecule has 0 saturated carbocycles. The lowest BCUT2D eigenvalue weighted by molar-refractivity contribution is -0.123. The van der Waals surface area contributed by atoms with Gasteiger partial charge in [0, 0.05) is 28.9 Å². The van der Waals surface area contributed by atoms with E-state index in [0.717, 1.165) is 5.56 Å². The van der Waals surface area contributed by atoms with Crippen molar-refractivity contribution in [1.29, 1.82) is 0 Å². The Bertz CT molecular complexity index is 1270. The summed E-state index contributed by atoms with van der Waals surface area (Å²) in [6, 6.07) is 12.1. The number of methoxy groups -OCH3 is 1. The molecule has 2 heterocycles. The van der Waals surface area contributed by atoms with Crippen molar-refractivity contribution in [2.45, 2.75) is 19.3 Å². The summed E-state index contributed by atoms with van der Waals surface area (Å²) in [7, 11) is 1.53. The molecule has 2 aromatic carbocycles. The van der Waals surface area contributed by atoms with Gasteiger partial charge in [-0.3, -0.25) is 19.4 Å². The molecule has 4 rings (SSSR count). The predicted molar refractivity (Wildman–Crippen MR) is 122 cm³/mol. The van der Waals surface area contributed by atoms with E-state index < -0.39 is 23.3 Å². The number of nitrogens with one attached hydrogen (secondary N) is 4. The highest BCUT2D eigenvalue weighted by molar-refractivity contribution is 6.30. The molecule has 10 heteroatoms. The minimum Gasteiger partial charge on any atom is -0.497 e. The number of carbonyl (C=O) groups is 2. The number of hydrogen-bond acceptors (Lipinski definition) is 6. The number of benzene rings is 2. The average Bonchev–Trinajstić information content (AvgIpc) is 2.74. The van der Waals surface area contributed by atoms with Crippen LogP contribution in [0.3, 0.4) is 0 Å². The molecule has 3 aromatic rings. The van der Waals surface area contributed by atoms with Crippen LogP contribution < -0.4 is 26.2 Å². The molecule has 1 aromatic heterocycles. The Morgan fingerprint density at radius 1 is 1.22 bits per heavy atom. The second-order valence-corrected chi connectivity index (χ2v) is 7.72. The highest BCUT2D eigenvalue weighted by atomic mass is 35.5. The summed E-state index contributed by atoms with van der Waals surface area (Å²) in [5.41, 5.74) is 1.52. The second kappa shape index (κ2) is 8.72. The maximum absolute atomic E-state index is 13.1. The van der Waals surface area contributed by atoms with E-state index in [1.165, 1.54) is 7.11 Å². The Morgan fingerprint density at radius 3 is 2.78 bits per heavy atom. The Hall–Kier alpha value is -3.85. The largest absolute Gasteiger partial charge is 0.497 e. The number of rotatable bonds is 5. The number of H-pyrrole nitrogens is 1. The Morgan fingerprint density at radius 2 is 2.03 bits per heavy atom. The summed E-state index contributed by atoms with van der Waals surface area (Å²) in [6.07, 6.45) is -0.173. The number of aryl methyl sites for hydroxylation is 1. The number of carbonyl (C=O) groups excluding carboxylic acids is 2. The van der Waals surface area contributed by atoms with Gasteiger partial charge < -0.3 is 20.7 Å². The zero-order chi connectivity index (χ0) is 22.8. The summed E-state index contributed by atoms with van der Waals surface area (Å²) in [6.45, 7) is 1.83. The van der Waals surface area contributed by atoms with Crippen molar-refractivity contribution in [2.24, 2.45) is 0 Å². The van der Waals surface area contributed by atoms with Crippen molar-refractivity contribution >= 4 is 46.6 Å². The average molecular weight is 454 g/mol. The molecule has 0 unspecified atom stereocenters. The van der Waals surface area contributed by atoms with Crippen molar-refractivity contribution in [3.63, 3.8) is 0 Å². The van der Waals surface area contributed by atoms with E-state index >= 15 is 0 Å². The molecular formula is C22H20ClN5O4. The first kappa shape index (κ1) is 21.4. The van der Waals surface area contributed by atoms with Gasteiger partial charge in [-0.2, -0.15) is 4.98 Å². The molecule has 0 bridgehead atoms.